The molecule has 0 aliphatic heterocycles. The van der Waals surface area contributed by atoms with E-state index < -0.39 is 8.07 Å². The highest BCUT2D eigenvalue weighted by atomic mass is 28.3. The van der Waals surface area contributed by atoms with Crippen LogP contribution in [0.4, 0.5) is 0 Å². The van der Waals surface area contributed by atoms with Gasteiger partial charge >= 0.3 is 0 Å². The van der Waals surface area contributed by atoms with Crippen molar-refractivity contribution in [1.29, 1.82) is 0 Å². The standard InChI is InChI=1S/C13H20Si/c1-5-12(2)14(3,4)11-13-9-7-6-8-10-13/h5-10,12H,1,11H2,2-4H3. The van der Waals surface area contributed by atoms with Gasteiger partial charge in [0.15, 0.2) is 0 Å². The number of hydrogen-bond acceptors (Lipinski definition) is 0. The number of rotatable bonds is 4. The first-order chi connectivity index (χ1) is 6.56. The first-order valence-corrected chi connectivity index (χ1v) is 8.51. The van der Waals surface area contributed by atoms with E-state index >= 15 is 0 Å². The number of allylic oxidation sites excluding steroid dienone is 1. The third kappa shape index (κ3) is 2.84. The highest BCUT2D eigenvalue weighted by Crippen LogP contribution is 2.25. The van der Waals surface area contributed by atoms with Crippen LogP contribution in [0.25, 0.3) is 0 Å². The third-order valence-corrected chi connectivity index (χ3v) is 7.11. The second-order valence-electron chi connectivity index (χ2n) is 4.68. The van der Waals surface area contributed by atoms with Gasteiger partial charge in [0.05, 0.1) is 8.07 Å². The third-order valence-electron chi connectivity index (χ3n) is 3.09. The Morgan fingerprint density at radius 3 is 2.36 bits per heavy atom. The van der Waals surface area contributed by atoms with Gasteiger partial charge in [0.2, 0.25) is 0 Å². The Labute approximate surface area is 88.7 Å². The molecule has 1 aromatic carbocycles. The average molecular weight is 204 g/mol. The molecule has 0 saturated carbocycles. The molecule has 1 unspecified atom stereocenters. The summed E-state index contributed by atoms with van der Waals surface area (Å²) < 4.78 is 0. The first-order valence-electron chi connectivity index (χ1n) is 5.23. The molecule has 0 heterocycles. The van der Waals surface area contributed by atoms with E-state index in [-0.39, 0.29) is 0 Å². The second-order valence-corrected chi connectivity index (χ2v) is 9.92. The predicted octanol–water partition coefficient (Wildman–Crippen LogP) is 4.05. The van der Waals surface area contributed by atoms with Crippen LogP contribution in [-0.2, 0) is 6.04 Å². The second kappa shape index (κ2) is 4.60. The van der Waals surface area contributed by atoms with Crippen molar-refractivity contribution in [2.45, 2.75) is 31.6 Å². The molecule has 0 amide bonds. The van der Waals surface area contributed by atoms with E-state index in [1.807, 2.05) is 0 Å². The van der Waals surface area contributed by atoms with E-state index in [0.717, 1.165) is 0 Å². The molecule has 0 N–H and O–H groups in total. The Hall–Kier alpha value is -0.823. The van der Waals surface area contributed by atoms with E-state index in [0.29, 0.717) is 5.54 Å². The molecule has 1 aromatic rings. The molecule has 0 nitrogen and oxygen atoms in total. The van der Waals surface area contributed by atoms with Crippen molar-refractivity contribution in [1.82, 2.24) is 0 Å². The van der Waals surface area contributed by atoms with Gasteiger partial charge in [0.1, 0.15) is 0 Å². The van der Waals surface area contributed by atoms with E-state index in [1.54, 1.807) is 0 Å². The van der Waals surface area contributed by atoms with Gasteiger partial charge in [-0.05, 0) is 11.6 Å². The monoisotopic (exact) mass is 204 g/mol. The van der Waals surface area contributed by atoms with Crippen LogP contribution in [0.15, 0.2) is 43.0 Å². The molecule has 0 fully saturated rings. The van der Waals surface area contributed by atoms with Gasteiger partial charge in [-0.25, -0.2) is 0 Å². The van der Waals surface area contributed by atoms with E-state index in [9.17, 15) is 0 Å². The normalized spacial score (nSPS) is 13.6. The van der Waals surface area contributed by atoms with E-state index in [2.05, 4.69) is 63.0 Å². The van der Waals surface area contributed by atoms with Gasteiger partial charge in [-0.3, -0.25) is 0 Å². The Morgan fingerprint density at radius 1 is 1.29 bits per heavy atom. The molecule has 1 heteroatoms. The highest BCUT2D eigenvalue weighted by Gasteiger charge is 2.26. The summed E-state index contributed by atoms with van der Waals surface area (Å²) in [6.45, 7) is 11.1. The summed E-state index contributed by atoms with van der Waals surface area (Å²) in [5.74, 6) is 0. The van der Waals surface area contributed by atoms with E-state index in [1.165, 1.54) is 11.6 Å². The van der Waals surface area contributed by atoms with Crippen LogP contribution < -0.4 is 0 Å². The molecular weight excluding hydrogens is 184 g/mol. The summed E-state index contributed by atoms with van der Waals surface area (Å²) >= 11 is 0. The van der Waals surface area contributed by atoms with Gasteiger partial charge in [-0.15, -0.1) is 6.58 Å². The van der Waals surface area contributed by atoms with Gasteiger partial charge < -0.3 is 0 Å². The maximum Gasteiger partial charge on any atom is 0.0583 e. The Bertz CT molecular complexity index is 287. The smallest absolute Gasteiger partial charge is 0.0583 e. The molecule has 0 aliphatic rings. The fourth-order valence-electron chi connectivity index (χ4n) is 1.60. The van der Waals surface area contributed by atoms with Crippen molar-refractivity contribution in [2.75, 3.05) is 0 Å². The van der Waals surface area contributed by atoms with Crippen molar-refractivity contribution < 1.29 is 0 Å². The minimum absolute atomic E-state index is 0.683. The van der Waals surface area contributed by atoms with Crippen LogP contribution >= 0.6 is 0 Å². The largest absolute Gasteiger partial charge is 0.103 e. The molecule has 14 heavy (non-hydrogen) atoms. The van der Waals surface area contributed by atoms with Crippen molar-refractivity contribution >= 4 is 8.07 Å². The molecule has 0 aliphatic carbocycles. The molecular formula is C13H20Si. The van der Waals surface area contributed by atoms with Crippen molar-refractivity contribution in [3.63, 3.8) is 0 Å². The summed E-state index contributed by atoms with van der Waals surface area (Å²) in [7, 11) is -1.17. The Kier molecular flexibility index (Phi) is 3.70. The van der Waals surface area contributed by atoms with Crippen molar-refractivity contribution in [3.8, 4) is 0 Å². The molecule has 1 rings (SSSR count). The van der Waals surface area contributed by atoms with Gasteiger partial charge in [0, 0.05) is 0 Å². The van der Waals surface area contributed by atoms with Gasteiger partial charge in [-0.1, -0.05) is 62.0 Å². The summed E-state index contributed by atoms with van der Waals surface area (Å²) in [4.78, 5) is 0. The van der Waals surface area contributed by atoms with Crippen molar-refractivity contribution in [3.05, 3.63) is 48.6 Å². The molecule has 76 valence electrons. The lowest BCUT2D eigenvalue weighted by Gasteiger charge is -2.27. The fraction of sp³-hybridized carbons (Fsp3) is 0.385. The lowest BCUT2D eigenvalue weighted by atomic mass is 10.2. The fourth-order valence-corrected chi connectivity index (χ4v) is 3.85. The van der Waals surface area contributed by atoms with Crippen molar-refractivity contribution in [2.24, 2.45) is 0 Å². The maximum absolute atomic E-state index is 3.90. The summed E-state index contributed by atoms with van der Waals surface area (Å²) in [6, 6.07) is 12.0. The van der Waals surface area contributed by atoms with Crippen LogP contribution in [-0.4, -0.2) is 8.07 Å². The predicted molar refractivity (Wildman–Crippen MR) is 67.2 cm³/mol. The summed E-state index contributed by atoms with van der Waals surface area (Å²) in [6.07, 6.45) is 2.11. The van der Waals surface area contributed by atoms with Gasteiger partial charge in [0.25, 0.3) is 0 Å². The summed E-state index contributed by atoms with van der Waals surface area (Å²) in [5.41, 5.74) is 2.15. The summed E-state index contributed by atoms with van der Waals surface area (Å²) in [5, 5.41) is 0. The zero-order valence-corrected chi connectivity index (χ0v) is 10.5. The SMILES string of the molecule is C=CC(C)[Si](C)(C)Cc1ccccc1. The number of hydrogen-bond donors (Lipinski definition) is 0. The molecule has 0 saturated heterocycles. The lowest BCUT2D eigenvalue weighted by Crippen LogP contribution is -2.33. The van der Waals surface area contributed by atoms with E-state index in [4.69, 9.17) is 0 Å². The maximum atomic E-state index is 3.90. The average Bonchev–Trinajstić information content (AvgIpc) is 2.17. The topological polar surface area (TPSA) is 0 Å². The Balaban J connectivity index is 2.73. The zero-order valence-electron chi connectivity index (χ0n) is 9.46. The minimum atomic E-state index is -1.17. The molecule has 0 radical (unpaired) electrons. The number of benzene rings is 1. The highest BCUT2D eigenvalue weighted by molar-refractivity contribution is 6.78. The van der Waals surface area contributed by atoms with Crippen LogP contribution in [0.5, 0.6) is 0 Å². The molecule has 0 aromatic heterocycles. The molecule has 0 spiro atoms. The zero-order chi connectivity index (χ0) is 10.6. The quantitative estimate of drug-likeness (QED) is 0.512. The van der Waals surface area contributed by atoms with Gasteiger partial charge in [-0.2, -0.15) is 0 Å². The molecule has 1 atom stereocenters. The van der Waals surface area contributed by atoms with Crippen LogP contribution in [0.1, 0.15) is 12.5 Å². The minimum Gasteiger partial charge on any atom is -0.103 e. The van der Waals surface area contributed by atoms with Crippen LogP contribution in [0, 0.1) is 0 Å². The van der Waals surface area contributed by atoms with Crippen LogP contribution in [0.2, 0.25) is 18.6 Å². The Morgan fingerprint density at radius 2 is 1.86 bits per heavy atom. The van der Waals surface area contributed by atoms with Crippen LogP contribution in [0.3, 0.4) is 0 Å². The first kappa shape index (κ1) is 11.3. The lowest BCUT2D eigenvalue weighted by molar-refractivity contribution is 1.09. The molecule has 0 bridgehead atoms.